The Morgan fingerprint density at radius 2 is 1.29 bits per heavy atom. The number of unbranched alkanes of at least 4 members (excludes halogenated alkanes) is 1. The average molecular weight is 328 g/mol. The third kappa shape index (κ3) is 2.17. The van der Waals surface area contributed by atoms with Crippen molar-refractivity contribution in [2.24, 2.45) is 7.05 Å². The highest BCUT2D eigenvalue weighted by atomic mass is 16.2. The van der Waals surface area contributed by atoms with Crippen LogP contribution in [-0.4, -0.2) is 9.13 Å². The van der Waals surface area contributed by atoms with Crippen molar-refractivity contribution in [1.82, 2.24) is 9.13 Å². The lowest BCUT2D eigenvalue weighted by Crippen LogP contribution is -2.29. The van der Waals surface area contributed by atoms with Crippen LogP contribution in [0.15, 0.2) is 31.3 Å². The van der Waals surface area contributed by atoms with Crippen LogP contribution in [0.4, 0.5) is 0 Å². The first kappa shape index (κ1) is 16.4. The van der Waals surface area contributed by atoms with Crippen LogP contribution in [0.25, 0.3) is 21.5 Å². The normalized spacial score (nSPS) is 13.1. The summed E-state index contributed by atoms with van der Waals surface area (Å²) >= 11 is 0. The van der Waals surface area contributed by atoms with Crippen molar-refractivity contribution in [3.63, 3.8) is 0 Å². The Morgan fingerprint density at radius 1 is 0.833 bits per heavy atom. The van der Waals surface area contributed by atoms with Gasteiger partial charge in [0.25, 0.3) is 22.2 Å². The Balaban J connectivity index is 2.36. The zero-order chi connectivity index (χ0) is 17.6. The van der Waals surface area contributed by atoms with E-state index in [-0.39, 0.29) is 38.7 Å². The predicted octanol–water partition coefficient (Wildman–Crippen LogP) is 1.59. The smallest absolute Gasteiger partial charge is 0.261 e. The van der Waals surface area contributed by atoms with Crippen LogP contribution < -0.4 is 22.2 Å². The molecule has 1 aromatic carbocycles. The van der Waals surface area contributed by atoms with Crippen molar-refractivity contribution in [2.75, 3.05) is 0 Å². The minimum Gasteiger partial charge on any atom is -0.277 e. The van der Waals surface area contributed by atoms with E-state index in [4.69, 9.17) is 0 Å². The Labute approximate surface area is 137 Å². The van der Waals surface area contributed by atoms with Gasteiger partial charge in [-0.2, -0.15) is 0 Å². The van der Waals surface area contributed by atoms with Crippen molar-refractivity contribution in [1.29, 1.82) is 0 Å². The van der Waals surface area contributed by atoms with Gasteiger partial charge in [0.15, 0.2) is 0 Å². The molecule has 6 heteroatoms. The number of benzene rings is 1. The lowest BCUT2D eigenvalue weighted by Gasteiger charge is -2.14. The van der Waals surface area contributed by atoms with Crippen LogP contribution in [-0.2, 0) is 7.05 Å². The first-order chi connectivity index (χ1) is 11.4. The molecule has 0 saturated carbocycles. The molecule has 3 aromatic rings. The van der Waals surface area contributed by atoms with Gasteiger partial charge in [0.05, 0.1) is 21.5 Å². The molecule has 1 unspecified atom stereocenters. The van der Waals surface area contributed by atoms with Gasteiger partial charge >= 0.3 is 0 Å². The number of rotatable bonds is 5. The molecular weight excluding hydrogens is 308 g/mol. The fourth-order valence-electron chi connectivity index (χ4n) is 3.40. The zero-order valence-electron chi connectivity index (χ0n) is 14.1. The van der Waals surface area contributed by atoms with Crippen molar-refractivity contribution in [3.05, 3.63) is 53.5 Å². The summed E-state index contributed by atoms with van der Waals surface area (Å²) in [5, 5.41) is 0.854. The molecule has 6 nitrogen and oxygen atoms in total. The predicted molar refractivity (Wildman–Crippen MR) is 94.7 cm³/mol. The molecule has 0 fully saturated rings. The number of fused-ring (bicyclic) bond motifs is 2. The van der Waals surface area contributed by atoms with E-state index in [1.165, 1.54) is 23.7 Å². The maximum Gasteiger partial charge on any atom is 0.261 e. The summed E-state index contributed by atoms with van der Waals surface area (Å²) in [7, 11) is 1.39. The van der Waals surface area contributed by atoms with Crippen LogP contribution in [0.1, 0.15) is 45.6 Å². The van der Waals surface area contributed by atoms with Crippen LogP contribution >= 0.6 is 0 Å². The lowest BCUT2D eigenvalue weighted by molar-refractivity contribution is 0.423. The Hall–Kier alpha value is -2.50. The second kappa shape index (κ2) is 5.85. The molecule has 0 aliphatic heterocycles. The average Bonchev–Trinajstić information content (AvgIpc) is 2.95. The Bertz CT molecular complexity index is 1050. The molecule has 3 rings (SSSR count). The molecule has 0 aliphatic rings. The first-order valence-electron chi connectivity index (χ1n) is 8.30. The van der Waals surface area contributed by atoms with Gasteiger partial charge in [-0.1, -0.05) is 26.7 Å². The summed E-state index contributed by atoms with van der Waals surface area (Å²) < 4.78 is 2.30. The molecule has 0 aliphatic carbocycles. The third-order valence-electron chi connectivity index (χ3n) is 4.85. The molecule has 0 N–H and O–H groups in total. The van der Waals surface area contributed by atoms with E-state index in [9.17, 15) is 19.2 Å². The van der Waals surface area contributed by atoms with Gasteiger partial charge in [-0.05, 0) is 25.0 Å². The molecule has 24 heavy (non-hydrogen) atoms. The number of nitrogens with zero attached hydrogens (tertiary/aromatic N) is 2. The summed E-state index contributed by atoms with van der Waals surface area (Å²) in [6.07, 6.45) is 3.37. The highest BCUT2D eigenvalue weighted by molar-refractivity contribution is 5.97. The molecule has 2 aromatic heterocycles. The van der Waals surface area contributed by atoms with Gasteiger partial charge < -0.3 is 0 Å². The molecule has 126 valence electrons. The van der Waals surface area contributed by atoms with Crippen molar-refractivity contribution in [3.8, 4) is 0 Å². The highest BCUT2D eigenvalue weighted by Gasteiger charge is 2.21. The fourth-order valence-corrected chi connectivity index (χ4v) is 3.40. The summed E-state index contributed by atoms with van der Waals surface area (Å²) in [5.74, 6) is 0. The standard InChI is InChI=1S/C18H20N2O4/c1-4-6-7-10(5-2)20-17(23)13-8-11-12(9-14(13)18(20)24)16(22)19(3)15(11)21/h8-10H,4-7H2,1-3H3. The van der Waals surface area contributed by atoms with Gasteiger partial charge in [-0.25, -0.2) is 0 Å². The maximum atomic E-state index is 12.7. The number of hydrogen-bond donors (Lipinski definition) is 0. The van der Waals surface area contributed by atoms with Gasteiger partial charge in [0.1, 0.15) is 0 Å². The van der Waals surface area contributed by atoms with Gasteiger partial charge in [0, 0.05) is 13.1 Å². The van der Waals surface area contributed by atoms with Gasteiger partial charge in [0.2, 0.25) is 0 Å². The van der Waals surface area contributed by atoms with Crippen molar-refractivity contribution in [2.45, 2.75) is 45.6 Å². The monoisotopic (exact) mass is 328 g/mol. The van der Waals surface area contributed by atoms with E-state index in [0.717, 1.165) is 23.8 Å². The fraction of sp³-hybridized carbons (Fsp3) is 0.444. The first-order valence-corrected chi connectivity index (χ1v) is 8.30. The quantitative estimate of drug-likeness (QED) is 0.712. The molecule has 0 saturated heterocycles. The van der Waals surface area contributed by atoms with Crippen molar-refractivity contribution < 1.29 is 0 Å². The van der Waals surface area contributed by atoms with Crippen LogP contribution in [0.5, 0.6) is 0 Å². The van der Waals surface area contributed by atoms with Gasteiger partial charge in [-0.3, -0.25) is 28.3 Å². The third-order valence-corrected chi connectivity index (χ3v) is 4.85. The van der Waals surface area contributed by atoms with E-state index >= 15 is 0 Å². The summed E-state index contributed by atoms with van der Waals surface area (Å²) in [6.45, 7) is 4.01. The summed E-state index contributed by atoms with van der Waals surface area (Å²) in [5.41, 5.74) is -1.60. The molecule has 0 spiro atoms. The number of hydrogen-bond acceptors (Lipinski definition) is 4. The SMILES string of the molecule is CCCCC(CC)n1c(=O)c2cc3c(=O)n(C)c(=O)c3cc2c1=O. The summed E-state index contributed by atoms with van der Waals surface area (Å²) in [4.78, 5) is 49.7. The minimum atomic E-state index is -0.436. The second-order valence-corrected chi connectivity index (χ2v) is 6.30. The Morgan fingerprint density at radius 3 is 1.71 bits per heavy atom. The van der Waals surface area contributed by atoms with E-state index in [1.54, 1.807) is 0 Å². The molecule has 2 heterocycles. The van der Waals surface area contributed by atoms with E-state index in [2.05, 4.69) is 6.92 Å². The van der Waals surface area contributed by atoms with E-state index in [0.29, 0.717) is 6.42 Å². The van der Waals surface area contributed by atoms with Crippen LogP contribution in [0, 0.1) is 0 Å². The van der Waals surface area contributed by atoms with Crippen LogP contribution in [0.3, 0.4) is 0 Å². The zero-order valence-corrected chi connectivity index (χ0v) is 14.1. The minimum absolute atomic E-state index is 0.152. The summed E-state index contributed by atoms with van der Waals surface area (Å²) in [6, 6.07) is 2.66. The topological polar surface area (TPSA) is 78.1 Å². The molecule has 0 radical (unpaired) electrons. The molecular formula is C18H20N2O4. The second-order valence-electron chi connectivity index (χ2n) is 6.30. The van der Waals surface area contributed by atoms with E-state index in [1.807, 2.05) is 6.92 Å². The maximum absolute atomic E-state index is 12.7. The molecule has 0 amide bonds. The number of aromatic nitrogens is 2. The molecule has 0 bridgehead atoms. The van der Waals surface area contributed by atoms with Gasteiger partial charge in [-0.15, -0.1) is 0 Å². The van der Waals surface area contributed by atoms with E-state index < -0.39 is 11.1 Å². The van der Waals surface area contributed by atoms with Crippen LogP contribution in [0.2, 0.25) is 0 Å². The Kier molecular flexibility index (Phi) is 3.99. The lowest BCUT2D eigenvalue weighted by atomic mass is 10.1. The highest BCUT2D eigenvalue weighted by Crippen LogP contribution is 2.19. The largest absolute Gasteiger partial charge is 0.277 e. The molecule has 1 atom stereocenters. The van der Waals surface area contributed by atoms with Crippen molar-refractivity contribution >= 4 is 21.5 Å².